The normalized spacial score (nSPS) is 26.8. The molecule has 0 radical (unpaired) electrons. The molecule has 1 aliphatic heterocycles. The van der Waals surface area contributed by atoms with Crippen molar-refractivity contribution in [1.29, 1.82) is 0 Å². The number of halogens is 1. The van der Waals surface area contributed by atoms with E-state index in [4.69, 9.17) is 11.6 Å². The molecule has 1 amide bonds. The summed E-state index contributed by atoms with van der Waals surface area (Å²) < 4.78 is 0. The van der Waals surface area contributed by atoms with Gasteiger partial charge in [0, 0.05) is 17.0 Å². The van der Waals surface area contributed by atoms with Crippen LogP contribution in [0.5, 0.6) is 0 Å². The molecule has 0 bridgehead atoms. The highest BCUT2D eigenvalue weighted by Gasteiger charge is 2.47. The molecule has 1 N–H and O–H groups in total. The number of hydrogen-bond acceptors (Lipinski definition) is 3. The Kier molecular flexibility index (Phi) is 7.52. The summed E-state index contributed by atoms with van der Waals surface area (Å²) in [5.41, 5.74) is 6.16. The number of rotatable bonds is 4. The maximum Gasteiger partial charge on any atom is 0.256 e. The number of nitrogens with zero attached hydrogens (tertiary/aromatic N) is 1. The van der Waals surface area contributed by atoms with Gasteiger partial charge >= 0.3 is 0 Å². The molecular weight excluding hydrogens is 412 g/mol. The van der Waals surface area contributed by atoms with Crippen LogP contribution in [-0.4, -0.2) is 33.1 Å². The van der Waals surface area contributed by atoms with Crippen molar-refractivity contribution in [3.63, 3.8) is 0 Å². The summed E-state index contributed by atoms with van der Waals surface area (Å²) in [5.74, 6) is 1.47. The summed E-state index contributed by atoms with van der Waals surface area (Å²) in [6.45, 7) is 12.9. The fraction of sp³-hybridized carbons (Fsp3) is 0.720. The second-order valence-electron chi connectivity index (χ2n) is 11.0. The van der Waals surface area contributed by atoms with Crippen LogP contribution in [0, 0.1) is 5.92 Å². The Hall–Kier alpha value is -0.710. The zero-order chi connectivity index (χ0) is 22.1. The highest BCUT2D eigenvalue weighted by molar-refractivity contribution is 7.99. The molecule has 0 spiro atoms. The summed E-state index contributed by atoms with van der Waals surface area (Å²) in [4.78, 5) is 13.1. The third-order valence-electron chi connectivity index (χ3n) is 6.47. The zero-order valence-electron chi connectivity index (χ0n) is 19.5. The first-order valence-corrected chi connectivity index (χ1v) is 12.9. The Morgan fingerprint density at radius 1 is 1.03 bits per heavy atom. The number of hydrazine groups is 1. The lowest BCUT2D eigenvalue weighted by Gasteiger charge is -2.49. The second kappa shape index (κ2) is 9.42. The van der Waals surface area contributed by atoms with Gasteiger partial charge in [0.2, 0.25) is 0 Å². The van der Waals surface area contributed by atoms with Crippen molar-refractivity contribution in [3.05, 3.63) is 35.4 Å². The van der Waals surface area contributed by atoms with Crippen LogP contribution < -0.4 is 5.43 Å². The fourth-order valence-corrected chi connectivity index (χ4v) is 6.43. The molecule has 1 aliphatic carbocycles. The van der Waals surface area contributed by atoms with E-state index in [1.54, 1.807) is 5.01 Å². The highest BCUT2D eigenvalue weighted by atomic mass is 35.5. The molecule has 1 saturated heterocycles. The maximum atomic E-state index is 13.1. The number of nitrogens with one attached hydrogen (secondary N) is 1. The van der Waals surface area contributed by atoms with Crippen LogP contribution in [0.25, 0.3) is 0 Å². The van der Waals surface area contributed by atoms with Crippen molar-refractivity contribution < 1.29 is 4.79 Å². The van der Waals surface area contributed by atoms with E-state index in [0.717, 1.165) is 5.75 Å². The van der Waals surface area contributed by atoms with E-state index >= 15 is 0 Å². The van der Waals surface area contributed by atoms with Gasteiger partial charge in [0.15, 0.2) is 0 Å². The van der Waals surface area contributed by atoms with E-state index in [1.807, 2.05) is 11.8 Å². The molecule has 2 fully saturated rings. The number of thioether (sulfide) groups is 1. The van der Waals surface area contributed by atoms with Crippen molar-refractivity contribution in [2.45, 2.75) is 107 Å². The van der Waals surface area contributed by atoms with E-state index in [9.17, 15) is 4.79 Å². The molecule has 3 nitrogen and oxygen atoms in total. The molecule has 1 aromatic rings. The molecular formula is C25H39ClN2OS. The van der Waals surface area contributed by atoms with Gasteiger partial charge in [0.25, 0.3) is 5.91 Å². The minimum absolute atomic E-state index is 0.0109. The topological polar surface area (TPSA) is 32.3 Å². The molecule has 30 heavy (non-hydrogen) atoms. The Balaban J connectivity index is 1.76. The molecule has 1 aromatic carbocycles. The second-order valence-corrected chi connectivity index (χ2v) is 12.7. The number of carbonyl (C=O) groups excluding carboxylic acids is 1. The summed E-state index contributed by atoms with van der Waals surface area (Å²) in [7, 11) is 0. The molecule has 1 heterocycles. The summed E-state index contributed by atoms with van der Waals surface area (Å²) in [6.07, 6.45) is 6.35. The minimum atomic E-state index is -0.490. The molecule has 3 unspecified atom stereocenters. The van der Waals surface area contributed by atoms with Crippen molar-refractivity contribution in [3.8, 4) is 0 Å². The molecule has 0 aromatic heterocycles. The monoisotopic (exact) mass is 450 g/mol. The van der Waals surface area contributed by atoms with E-state index in [2.05, 4.69) is 71.2 Å². The van der Waals surface area contributed by atoms with Gasteiger partial charge in [0.05, 0.1) is 5.54 Å². The predicted octanol–water partition coefficient (Wildman–Crippen LogP) is 6.29. The van der Waals surface area contributed by atoms with Crippen LogP contribution >= 0.6 is 23.4 Å². The molecule has 2 aliphatic rings. The first-order valence-electron chi connectivity index (χ1n) is 11.4. The summed E-state index contributed by atoms with van der Waals surface area (Å²) in [6, 6.07) is 9.16. The Morgan fingerprint density at radius 3 is 2.17 bits per heavy atom. The lowest BCUT2D eigenvalue weighted by atomic mass is 9.81. The first kappa shape index (κ1) is 23.9. The predicted molar refractivity (Wildman–Crippen MR) is 130 cm³/mol. The summed E-state index contributed by atoms with van der Waals surface area (Å²) >= 11 is 8.70. The largest absolute Gasteiger partial charge is 0.272 e. The Labute approximate surface area is 192 Å². The number of carbonyl (C=O) groups is 1. The van der Waals surface area contributed by atoms with Gasteiger partial charge < -0.3 is 0 Å². The minimum Gasteiger partial charge on any atom is -0.272 e. The smallest absolute Gasteiger partial charge is 0.256 e. The van der Waals surface area contributed by atoms with E-state index in [-0.39, 0.29) is 28.2 Å². The molecule has 5 heteroatoms. The van der Waals surface area contributed by atoms with Gasteiger partial charge in [-0.25, -0.2) is 5.43 Å². The van der Waals surface area contributed by atoms with E-state index in [1.165, 1.54) is 43.2 Å². The SMILES string of the molecule is CC(C)(C)c1ccc(CSC2C(Cl)C(=O)N(C(C)(C)C)NC2C2CCCCC2)cc1. The first-order chi connectivity index (χ1) is 14.0. The zero-order valence-corrected chi connectivity index (χ0v) is 21.1. The van der Waals surface area contributed by atoms with Gasteiger partial charge in [-0.3, -0.25) is 9.80 Å². The lowest BCUT2D eigenvalue weighted by Crippen LogP contribution is -2.69. The average molecular weight is 451 g/mol. The van der Waals surface area contributed by atoms with Crippen LogP contribution in [0.4, 0.5) is 0 Å². The van der Waals surface area contributed by atoms with Gasteiger partial charge in [-0.1, -0.05) is 64.3 Å². The van der Waals surface area contributed by atoms with Crippen molar-refractivity contribution >= 4 is 29.3 Å². The van der Waals surface area contributed by atoms with Crippen LogP contribution in [-0.2, 0) is 16.0 Å². The van der Waals surface area contributed by atoms with Crippen LogP contribution in [0.3, 0.4) is 0 Å². The molecule has 3 rings (SSSR count). The molecule has 168 valence electrons. The number of amides is 1. The van der Waals surface area contributed by atoms with Crippen molar-refractivity contribution in [2.24, 2.45) is 5.92 Å². The van der Waals surface area contributed by atoms with Crippen LogP contribution in [0.15, 0.2) is 24.3 Å². The summed E-state index contributed by atoms with van der Waals surface area (Å²) in [5, 5.41) is 1.40. The quantitative estimate of drug-likeness (QED) is 0.547. The van der Waals surface area contributed by atoms with Gasteiger partial charge in [-0.15, -0.1) is 23.4 Å². The van der Waals surface area contributed by atoms with E-state index < -0.39 is 5.38 Å². The lowest BCUT2D eigenvalue weighted by molar-refractivity contribution is -0.146. The average Bonchev–Trinajstić information content (AvgIpc) is 2.68. The van der Waals surface area contributed by atoms with Gasteiger partial charge in [0.1, 0.15) is 5.38 Å². The number of alkyl halides is 1. The number of hydrogen-bond donors (Lipinski definition) is 1. The standard InChI is InChI=1S/C25H39ClN2OS/c1-24(2,3)19-14-12-17(13-15-19)16-30-22-20(26)23(29)28(25(4,5)6)27-21(22)18-10-8-7-9-11-18/h12-15,18,20-22,27H,7-11,16H2,1-6H3. The molecule has 1 saturated carbocycles. The van der Waals surface area contributed by atoms with Crippen LogP contribution in [0.2, 0.25) is 0 Å². The highest BCUT2D eigenvalue weighted by Crippen LogP contribution is 2.39. The van der Waals surface area contributed by atoms with Crippen molar-refractivity contribution in [2.75, 3.05) is 0 Å². The third-order valence-corrected chi connectivity index (χ3v) is 8.53. The van der Waals surface area contributed by atoms with Crippen molar-refractivity contribution in [1.82, 2.24) is 10.4 Å². The Morgan fingerprint density at radius 2 is 1.63 bits per heavy atom. The van der Waals surface area contributed by atoms with Gasteiger partial charge in [-0.05, 0) is 56.1 Å². The Bertz CT molecular complexity index is 716. The van der Waals surface area contributed by atoms with Gasteiger partial charge in [-0.2, -0.15) is 0 Å². The van der Waals surface area contributed by atoms with Crippen LogP contribution in [0.1, 0.15) is 84.8 Å². The maximum absolute atomic E-state index is 13.1. The van der Waals surface area contributed by atoms with E-state index in [0.29, 0.717) is 5.92 Å². The number of benzene rings is 1. The third kappa shape index (κ3) is 5.55. The molecule has 3 atom stereocenters. The fourth-order valence-electron chi connectivity index (χ4n) is 4.60.